The average Bonchev–Trinajstić information content (AvgIpc) is 2.97. The summed E-state index contributed by atoms with van der Waals surface area (Å²) in [7, 11) is 1.75. The van der Waals surface area contributed by atoms with E-state index in [4.69, 9.17) is 23.2 Å². The molecule has 0 fully saturated rings. The number of rotatable bonds is 7. The minimum atomic E-state index is -0.600. The molecule has 2 N–H and O–H groups in total. The number of carbonyl (C=O) groups excluding carboxylic acids is 1. The first kappa shape index (κ1) is 22.4. The summed E-state index contributed by atoms with van der Waals surface area (Å²) in [5.74, 6) is -0.623. The van der Waals surface area contributed by atoms with Crippen molar-refractivity contribution in [1.82, 2.24) is 14.9 Å². The van der Waals surface area contributed by atoms with E-state index < -0.39 is 17.3 Å². The first-order valence-corrected chi connectivity index (χ1v) is 10.6. The van der Waals surface area contributed by atoms with Crippen LogP contribution in [-0.2, 0) is 7.05 Å². The Hall–Kier alpha value is -2.31. The summed E-state index contributed by atoms with van der Waals surface area (Å²) in [6.07, 6.45) is 2.82. The van der Waals surface area contributed by atoms with Gasteiger partial charge in [0.15, 0.2) is 0 Å². The van der Waals surface area contributed by atoms with Gasteiger partial charge in [0, 0.05) is 18.7 Å². The molecule has 5 nitrogen and oxygen atoms in total. The zero-order valence-corrected chi connectivity index (χ0v) is 19.0. The number of nitrogens with zero attached hydrogens (tertiary/aromatic N) is 2. The number of imidazole rings is 1. The van der Waals surface area contributed by atoms with Crippen LogP contribution in [0.3, 0.4) is 0 Å². The van der Waals surface area contributed by atoms with Crippen LogP contribution in [0.5, 0.6) is 0 Å². The molecule has 0 unspecified atom stereocenters. The lowest BCUT2D eigenvalue weighted by atomic mass is 9.97. The molecule has 1 heterocycles. The fraction of sp³-hybridized carbons (Fsp3) is 0.364. The lowest BCUT2D eigenvalue weighted by molar-refractivity contribution is 0.0904. The predicted molar refractivity (Wildman–Crippen MR) is 121 cm³/mol. The van der Waals surface area contributed by atoms with E-state index in [-0.39, 0.29) is 5.56 Å². The second-order valence-electron chi connectivity index (χ2n) is 7.98. The molecule has 0 bridgehead atoms. The highest BCUT2D eigenvalue weighted by atomic mass is 35.5. The summed E-state index contributed by atoms with van der Waals surface area (Å²) >= 11 is 12.4. The molecule has 0 radical (unpaired) electrons. The van der Waals surface area contributed by atoms with E-state index in [1.54, 1.807) is 29.8 Å². The molecule has 0 aliphatic carbocycles. The first-order valence-electron chi connectivity index (χ1n) is 9.82. The fourth-order valence-electron chi connectivity index (χ4n) is 3.28. The molecule has 3 rings (SSSR count). The number of hydrogen-bond donors (Lipinski definition) is 2. The second kappa shape index (κ2) is 8.82. The van der Waals surface area contributed by atoms with Crippen LogP contribution in [0.25, 0.3) is 11.0 Å². The molecule has 160 valence electrons. The zero-order valence-electron chi connectivity index (χ0n) is 17.4. The van der Waals surface area contributed by atoms with E-state index in [9.17, 15) is 9.18 Å². The average molecular weight is 451 g/mol. The van der Waals surface area contributed by atoms with Crippen molar-refractivity contribution >= 4 is 51.8 Å². The number of hydrogen-bond acceptors (Lipinski definition) is 3. The molecule has 0 spiro atoms. The van der Waals surface area contributed by atoms with Crippen LogP contribution in [0.2, 0.25) is 10.0 Å². The normalized spacial score (nSPS) is 11.7. The smallest absolute Gasteiger partial charge is 0.254 e. The Morgan fingerprint density at radius 3 is 2.53 bits per heavy atom. The maximum Gasteiger partial charge on any atom is 0.254 e. The third kappa shape index (κ3) is 4.71. The Kier molecular flexibility index (Phi) is 6.58. The van der Waals surface area contributed by atoms with Gasteiger partial charge in [-0.05, 0) is 38.5 Å². The van der Waals surface area contributed by atoms with E-state index in [0.717, 1.165) is 19.3 Å². The fourth-order valence-corrected chi connectivity index (χ4v) is 3.78. The number of benzene rings is 2. The SMILES string of the molecule is CCCCC(C)(C)NC(=O)c1cc2nc(Nc3c(Cl)cccc3Cl)n(C)c2cc1F. The Bertz CT molecular complexity index is 1070. The van der Waals surface area contributed by atoms with Gasteiger partial charge in [0.25, 0.3) is 5.91 Å². The third-order valence-electron chi connectivity index (χ3n) is 5.02. The Morgan fingerprint density at radius 1 is 1.23 bits per heavy atom. The van der Waals surface area contributed by atoms with Crippen LogP contribution in [-0.4, -0.2) is 21.0 Å². The van der Waals surface area contributed by atoms with Crippen LogP contribution < -0.4 is 10.6 Å². The number of para-hydroxylation sites is 1. The van der Waals surface area contributed by atoms with Gasteiger partial charge in [0.1, 0.15) is 5.82 Å². The number of unbranched alkanes of at least 4 members (excludes halogenated alkanes) is 1. The highest BCUT2D eigenvalue weighted by Gasteiger charge is 2.24. The Morgan fingerprint density at radius 2 is 1.90 bits per heavy atom. The number of halogens is 3. The third-order valence-corrected chi connectivity index (χ3v) is 5.65. The van der Waals surface area contributed by atoms with Crippen molar-refractivity contribution in [2.45, 2.75) is 45.6 Å². The van der Waals surface area contributed by atoms with Gasteiger partial charge in [-0.15, -0.1) is 0 Å². The lowest BCUT2D eigenvalue weighted by Crippen LogP contribution is -2.43. The van der Waals surface area contributed by atoms with Crippen molar-refractivity contribution in [3.05, 3.63) is 51.8 Å². The lowest BCUT2D eigenvalue weighted by Gasteiger charge is -2.26. The standard InChI is InChI=1S/C22H25Cl2FN4O/c1-5-6-10-22(2,3)28-20(30)13-11-17-18(12-16(13)25)29(4)21(26-17)27-19-14(23)8-7-9-15(19)24/h7-9,11-12H,5-6,10H2,1-4H3,(H,26,27)(H,28,30). The van der Waals surface area contributed by atoms with E-state index in [0.29, 0.717) is 32.7 Å². The van der Waals surface area contributed by atoms with Gasteiger partial charge in [-0.1, -0.05) is 49.0 Å². The van der Waals surface area contributed by atoms with E-state index in [2.05, 4.69) is 22.5 Å². The van der Waals surface area contributed by atoms with Crippen molar-refractivity contribution in [1.29, 1.82) is 0 Å². The Labute approximate surface area is 185 Å². The highest BCUT2D eigenvalue weighted by molar-refractivity contribution is 6.39. The number of amides is 1. The maximum absolute atomic E-state index is 14.8. The number of fused-ring (bicyclic) bond motifs is 1. The monoisotopic (exact) mass is 450 g/mol. The molecule has 1 amide bonds. The molecular weight excluding hydrogens is 426 g/mol. The molecule has 0 aliphatic rings. The van der Waals surface area contributed by atoms with Crippen molar-refractivity contribution < 1.29 is 9.18 Å². The number of aryl methyl sites for hydroxylation is 1. The van der Waals surface area contributed by atoms with Gasteiger partial charge in [0.2, 0.25) is 5.95 Å². The van der Waals surface area contributed by atoms with Crippen LogP contribution in [0.15, 0.2) is 30.3 Å². The van der Waals surface area contributed by atoms with Crippen LogP contribution in [0.4, 0.5) is 16.0 Å². The largest absolute Gasteiger partial charge is 0.347 e. The molecule has 0 aliphatic heterocycles. The van der Waals surface area contributed by atoms with Gasteiger partial charge in [0.05, 0.1) is 32.3 Å². The summed E-state index contributed by atoms with van der Waals surface area (Å²) in [6.45, 7) is 5.97. The zero-order chi connectivity index (χ0) is 22.1. The second-order valence-corrected chi connectivity index (χ2v) is 8.79. The highest BCUT2D eigenvalue weighted by Crippen LogP contribution is 2.33. The number of aromatic nitrogens is 2. The molecule has 2 aromatic carbocycles. The topological polar surface area (TPSA) is 59.0 Å². The summed E-state index contributed by atoms with van der Waals surface area (Å²) < 4.78 is 16.5. The minimum absolute atomic E-state index is 0.0347. The van der Waals surface area contributed by atoms with Gasteiger partial charge in [-0.3, -0.25) is 4.79 Å². The van der Waals surface area contributed by atoms with Crippen molar-refractivity contribution in [2.75, 3.05) is 5.32 Å². The van der Waals surface area contributed by atoms with Gasteiger partial charge in [-0.2, -0.15) is 0 Å². The van der Waals surface area contributed by atoms with Crippen LogP contribution in [0, 0.1) is 5.82 Å². The molecule has 30 heavy (non-hydrogen) atoms. The van der Waals surface area contributed by atoms with Crippen molar-refractivity contribution in [3.63, 3.8) is 0 Å². The summed E-state index contributed by atoms with van der Waals surface area (Å²) in [5, 5.41) is 6.90. The molecule has 1 aromatic heterocycles. The molecule has 0 atom stereocenters. The van der Waals surface area contributed by atoms with Gasteiger partial charge >= 0.3 is 0 Å². The summed E-state index contributed by atoms with van der Waals surface area (Å²) in [5.41, 5.74) is 1.08. The van der Waals surface area contributed by atoms with Crippen molar-refractivity contribution in [2.24, 2.45) is 7.05 Å². The van der Waals surface area contributed by atoms with Gasteiger partial charge in [-0.25, -0.2) is 9.37 Å². The quantitative estimate of drug-likeness (QED) is 0.433. The van der Waals surface area contributed by atoms with Gasteiger partial charge < -0.3 is 15.2 Å². The number of anilines is 2. The molecule has 0 saturated carbocycles. The molecule has 8 heteroatoms. The van der Waals surface area contributed by atoms with E-state index in [1.165, 1.54) is 12.1 Å². The maximum atomic E-state index is 14.8. The summed E-state index contributed by atoms with van der Waals surface area (Å²) in [6, 6.07) is 7.94. The van der Waals surface area contributed by atoms with Crippen LogP contribution >= 0.6 is 23.2 Å². The first-order chi connectivity index (χ1) is 14.1. The summed E-state index contributed by atoms with van der Waals surface area (Å²) in [4.78, 5) is 17.2. The molecule has 3 aromatic rings. The number of carbonyl (C=O) groups is 1. The van der Waals surface area contributed by atoms with E-state index >= 15 is 0 Å². The molecular formula is C22H25Cl2FN4O. The van der Waals surface area contributed by atoms with Crippen LogP contribution in [0.1, 0.15) is 50.4 Å². The minimum Gasteiger partial charge on any atom is -0.347 e. The number of nitrogens with one attached hydrogen (secondary N) is 2. The van der Waals surface area contributed by atoms with E-state index in [1.807, 2.05) is 13.8 Å². The molecule has 0 saturated heterocycles. The Balaban J connectivity index is 1.93. The van der Waals surface area contributed by atoms with Crippen molar-refractivity contribution in [3.8, 4) is 0 Å². The predicted octanol–water partition coefficient (Wildman–Crippen LogP) is 6.46.